The van der Waals surface area contributed by atoms with E-state index in [1.54, 1.807) is 29.2 Å². The number of rotatable bonds is 3. The summed E-state index contributed by atoms with van der Waals surface area (Å²) >= 11 is 5.93. The Bertz CT molecular complexity index is 617. The molecule has 2 amide bonds. The minimum atomic E-state index is -0.608. The summed E-state index contributed by atoms with van der Waals surface area (Å²) in [6, 6.07) is 4.27. The molecule has 5 nitrogen and oxygen atoms in total. The van der Waals surface area contributed by atoms with Crippen LogP contribution in [0.15, 0.2) is 30.9 Å². The van der Waals surface area contributed by atoms with Gasteiger partial charge in [-0.1, -0.05) is 17.7 Å². The molecule has 0 saturated carbocycles. The van der Waals surface area contributed by atoms with Crippen LogP contribution in [0, 0.1) is 0 Å². The number of halogens is 1. The van der Waals surface area contributed by atoms with E-state index in [0.29, 0.717) is 35.8 Å². The second kappa shape index (κ2) is 5.50. The molecule has 0 unspecified atom stereocenters. The van der Waals surface area contributed by atoms with Crippen LogP contribution in [-0.4, -0.2) is 42.0 Å². The molecule has 1 N–H and O–H groups in total. The number of amides is 2. The Labute approximate surface area is 127 Å². The summed E-state index contributed by atoms with van der Waals surface area (Å²) in [5.74, 6) is -0.411. The van der Waals surface area contributed by atoms with Gasteiger partial charge in [-0.3, -0.25) is 9.59 Å². The highest BCUT2D eigenvalue weighted by atomic mass is 35.5. The van der Waals surface area contributed by atoms with Crippen molar-refractivity contribution < 1.29 is 14.3 Å². The van der Waals surface area contributed by atoms with E-state index in [4.69, 9.17) is 16.3 Å². The van der Waals surface area contributed by atoms with E-state index in [2.05, 4.69) is 11.9 Å². The van der Waals surface area contributed by atoms with Gasteiger partial charge in [-0.15, -0.1) is 6.58 Å². The molecule has 2 aliphatic rings. The van der Waals surface area contributed by atoms with Crippen molar-refractivity contribution in [3.05, 3.63) is 41.4 Å². The van der Waals surface area contributed by atoms with Crippen molar-refractivity contribution in [3.8, 4) is 0 Å². The predicted octanol–water partition coefficient (Wildman–Crippen LogP) is 2.08. The number of fused-ring (bicyclic) bond motifs is 2. The van der Waals surface area contributed by atoms with E-state index in [0.717, 1.165) is 0 Å². The second-order valence-electron chi connectivity index (χ2n) is 5.07. The van der Waals surface area contributed by atoms with Gasteiger partial charge in [0.25, 0.3) is 5.91 Å². The second-order valence-corrected chi connectivity index (χ2v) is 5.51. The van der Waals surface area contributed by atoms with Crippen LogP contribution in [0.4, 0.5) is 5.69 Å². The lowest BCUT2D eigenvalue weighted by molar-refractivity contribution is -0.122. The van der Waals surface area contributed by atoms with Crippen LogP contribution in [0.1, 0.15) is 16.8 Å². The van der Waals surface area contributed by atoms with E-state index < -0.39 is 6.04 Å². The zero-order chi connectivity index (χ0) is 15.0. The Hall–Kier alpha value is -1.85. The molecule has 21 heavy (non-hydrogen) atoms. The number of carbonyl (C=O) groups excluding carboxylic acids is 2. The molecular formula is C15H15ClN2O3. The normalized spacial score (nSPS) is 24.1. The number of anilines is 1. The minimum absolute atomic E-state index is 0.172. The molecule has 0 aromatic heterocycles. The molecule has 2 aliphatic heterocycles. The Balaban J connectivity index is 1.95. The first-order valence-corrected chi connectivity index (χ1v) is 7.13. The SMILES string of the molecule is C=CCO[C@@H]1CCN2C(=O)c3ccc(Cl)cc3NC(=O)[C@H]12. The Kier molecular flexibility index (Phi) is 3.69. The first kappa shape index (κ1) is 14.1. The summed E-state index contributed by atoms with van der Waals surface area (Å²) in [6.07, 6.45) is 1.96. The van der Waals surface area contributed by atoms with E-state index >= 15 is 0 Å². The first-order valence-electron chi connectivity index (χ1n) is 6.75. The third-order valence-electron chi connectivity index (χ3n) is 3.77. The molecule has 0 spiro atoms. The zero-order valence-electron chi connectivity index (χ0n) is 11.3. The van der Waals surface area contributed by atoms with Gasteiger partial charge in [0, 0.05) is 11.6 Å². The van der Waals surface area contributed by atoms with Crippen LogP contribution in [-0.2, 0) is 9.53 Å². The molecule has 1 saturated heterocycles. The van der Waals surface area contributed by atoms with Crippen LogP contribution < -0.4 is 5.32 Å². The number of benzene rings is 1. The van der Waals surface area contributed by atoms with Crippen molar-refractivity contribution in [2.24, 2.45) is 0 Å². The molecule has 2 atom stereocenters. The molecular weight excluding hydrogens is 292 g/mol. The van der Waals surface area contributed by atoms with Gasteiger partial charge in [0.2, 0.25) is 5.91 Å². The van der Waals surface area contributed by atoms with Gasteiger partial charge in [-0.05, 0) is 24.6 Å². The van der Waals surface area contributed by atoms with Gasteiger partial charge in [0.05, 0.1) is 24.0 Å². The van der Waals surface area contributed by atoms with Crippen molar-refractivity contribution in [1.82, 2.24) is 4.90 Å². The van der Waals surface area contributed by atoms with Crippen LogP contribution in [0.5, 0.6) is 0 Å². The molecule has 0 radical (unpaired) electrons. The fourth-order valence-electron chi connectivity index (χ4n) is 2.84. The average molecular weight is 307 g/mol. The van der Waals surface area contributed by atoms with Crippen molar-refractivity contribution in [2.75, 3.05) is 18.5 Å². The number of hydrogen-bond donors (Lipinski definition) is 1. The van der Waals surface area contributed by atoms with E-state index in [9.17, 15) is 9.59 Å². The minimum Gasteiger partial charge on any atom is -0.371 e. The van der Waals surface area contributed by atoms with Crippen LogP contribution >= 0.6 is 11.6 Å². The van der Waals surface area contributed by atoms with Crippen molar-refractivity contribution >= 4 is 29.1 Å². The zero-order valence-corrected chi connectivity index (χ0v) is 12.1. The lowest BCUT2D eigenvalue weighted by Gasteiger charge is -2.24. The highest BCUT2D eigenvalue weighted by molar-refractivity contribution is 6.31. The quantitative estimate of drug-likeness (QED) is 0.870. The topological polar surface area (TPSA) is 58.6 Å². The van der Waals surface area contributed by atoms with Gasteiger partial charge < -0.3 is 15.0 Å². The van der Waals surface area contributed by atoms with Crippen LogP contribution in [0.3, 0.4) is 0 Å². The lowest BCUT2D eigenvalue weighted by atomic mass is 10.1. The van der Waals surface area contributed by atoms with Gasteiger partial charge in [0.15, 0.2) is 0 Å². The first-order chi connectivity index (χ1) is 10.1. The predicted molar refractivity (Wildman–Crippen MR) is 79.5 cm³/mol. The monoisotopic (exact) mass is 306 g/mol. The summed E-state index contributed by atoms with van der Waals surface area (Å²) in [7, 11) is 0. The van der Waals surface area contributed by atoms with Gasteiger partial charge in [0.1, 0.15) is 6.04 Å². The molecule has 110 valence electrons. The highest BCUT2D eigenvalue weighted by Gasteiger charge is 2.45. The smallest absolute Gasteiger partial charge is 0.256 e. The third-order valence-corrected chi connectivity index (χ3v) is 4.01. The summed E-state index contributed by atoms with van der Waals surface area (Å²) in [6.45, 7) is 4.46. The Morgan fingerprint density at radius 2 is 2.29 bits per heavy atom. The molecule has 1 aromatic carbocycles. The van der Waals surface area contributed by atoms with Crippen molar-refractivity contribution in [2.45, 2.75) is 18.6 Å². The van der Waals surface area contributed by atoms with E-state index in [1.165, 1.54) is 0 Å². The van der Waals surface area contributed by atoms with Gasteiger partial charge in [-0.25, -0.2) is 0 Å². The molecule has 1 aromatic rings. The summed E-state index contributed by atoms with van der Waals surface area (Å²) < 4.78 is 5.62. The summed E-state index contributed by atoms with van der Waals surface area (Å²) in [5.41, 5.74) is 0.911. The molecule has 1 fully saturated rings. The standard InChI is InChI=1S/C15H15ClN2O3/c1-2-7-21-12-5-6-18-13(12)14(19)17-11-8-9(16)3-4-10(11)15(18)20/h2-4,8,12-13H,1,5-7H2,(H,17,19)/t12-,13+/m1/s1. The highest BCUT2D eigenvalue weighted by Crippen LogP contribution is 2.31. The maximum Gasteiger partial charge on any atom is 0.256 e. The van der Waals surface area contributed by atoms with Crippen LogP contribution in [0.2, 0.25) is 5.02 Å². The van der Waals surface area contributed by atoms with Gasteiger partial charge >= 0.3 is 0 Å². The summed E-state index contributed by atoms with van der Waals surface area (Å²) in [5, 5.41) is 3.26. The fraction of sp³-hybridized carbons (Fsp3) is 0.333. The van der Waals surface area contributed by atoms with Crippen LogP contribution in [0.25, 0.3) is 0 Å². The van der Waals surface area contributed by atoms with Crippen molar-refractivity contribution in [1.29, 1.82) is 0 Å². The maximum atomic E-state index is 12.6. The molecule has 2 heterocycles. The van der Waals surface area contributed by atoms with Crippen molar-refractivity contribution in [3.63, 3.8) is 0 Å². The van der Waals surface area contributed by atoms with E-state index in [-0.39, 0.29) is 17.9 Å². The number of ether oxygens (including phenoxy) is 1. The molecule has 0 bridgehead atoms. The third kappa shape index (κ3) is 2.43. The number of nitrogens with zero attached hydrogens (tertiary/aromatic N) is 1. The number of carbonyl (C=O) groups is 2. The summed E-state index contributed by atoms with van der Waals surface area (Å²) in [4.78, 5) is 26.6. The fourth-order valence-corrected chi connectivity index (χ4v) is 3.01. The maximum absolute atomic E-state index is 12.6. The molecule has 0 aliphatic carbocycles. The Morgan fingerprint density at radius 3 is 3.05 bits per heavy atom. The Morgan fingerprint density at radius 1 is 1.48 bits per heavy atom. The number of nitrogens with one attached hydrogen (secondary N) is 1. The molecule has 3 rings (SSSR count). The number of hydrogen-bond acceptors (Lipinski definition) is 3. The lowest BCUT2D eigenvalue weighted by Crippen LogP contribution is -2.46. The van der Waals surface area contributed by atoms with E-state index in [1.807, 2.05) is 0 Å². The largest absolute Gasteiger partial charge is 0.371 e. The molecule has 6 heteroatoms. The van der Waals surface area contributed by atoms with Gasteiger partial charge in [-0.2, -0.15) is 0 Å². The average Bonchev–Trinajstić information content (AvgIpc) is 2.84.